The lowest BCUT2D eigenvalue weighted by Gasteiger charge is -2.13. The number of imide groups is 1. The topological polar surface area (TPSA) is 82.1 Å². The third-order valence-electron chi connectivity index (χ3n) is 4.34. The minimum absolute atomic E-state index is 0.00278. The normalized spacial score (nSPS) is 13.0. The van der Waals surface area contributed by atoms with Crippen molar-refractivity contribution in [1.82, 2.24) is 4.90 Å². The maximum Gasteiger partial charge on any atom is 0.330 e. The van der Waals surface area contributed by atoms with E-state index in [-0.39, 0.29) is 25.0 Å². The molecule has 2 aromatic carbocycles. The fourth-order valence-corrected chi connectivity index (χ4v) is 2.95. The molecule has 0 spiro atoms. The van der Waals surface area contributed by atoms with E-state index < -0.39 is 5.97 Å². The van der Waals surface area contributed by atoms with Crippen molar-refractivity contribution in [3.05, 3.63) is 65.2 Å². The van der Waals surface area contributed by atoms with E-state index in [1.165, 1.54) is 6.08 Å². The first-order chi connectivity index (χ1) is 14.0. The number of rotatable bonds is 8. The zero-order valence-corrected chi connectivity index (χ0v) is 16.2. The molecule has 3 rings (SSSR count). The Hall–Kier alpha value is -3.61. The van der Waals surface area contributed by atoms with Crippen LogP contribution in [0.25, 0.3) is 6.08 Å². The molecule has 0 radical (unpaired) electrons. The highest BCUT2D eigenvalue weighted by molar-refractivity contribution is 6.21. The Balaban J connectivity index is 1.53. The van der Waals surface area contributed by atoms with E-state index in [4.69, 9.17) is 14.2 Å². The van der Waals surface area contributed by atoms with Crippen LogP contribution in [-0.2, 0) is 9.53 Å². The van der Waals surface area contributed by atoms with Crippen LogP contribution in [0.1, 0.15) is 33.2 Å². The molecule has 0 atom stereocenters. The molecular weight excluding hydrogens is 374 g/mol. The van der Waals surface area contributed by atoms with E-state index in [0.717, 1.165) is 10.5 Å². The molecule has 0 saturated carbocycles. The number of carbonyl (C=O) groups is 3. The van der Waals surface area contributed by atoms with Gasteiger partial charge in [-0.15, -0.1) is 0 Å². The Morgan fingerprint density at radius 2 is 1.72 bits per heavy atom. The molecule has 0 bridgehead atoms. The van der Waals surface area contributed by atoms with E-state index in [1.807, 2.05) is 6.92 Å². The molecule has 7 nitrogen and oxygen atoms in total. The highest BCUT2D eigenvalue weighted by Crippen LogP contribution is 2.28. The second kappa shape index (κ2) is 9.05. The number of esters is 1. The van der Waals surface area contributed by atoms with Gasteiger partial charge in [-0.25, -0.2) is 4.79 Å². The highest BCUT2D eigenvalue weighted by Gasteiger charge is 2.34. The van der Waals surface area contributed by atoms with Crippen molar-refractivity contribution in [3.8, 4) is 11.5 Å². The Morgan fingerprint density at radius 1 is 1.03 bits per heavy atom. The van der Waals surface area contributed by atoms with Gasteiger partial charge in [0.05, 0.1) is 31.4 Å². The zero-order chi connectivity index (χ0) is 20.8. The van der Waals surface area contributed by atoms with Crippen molar-refractivity contribution < 1.29 is 28.6 Å². The molecule has 7 heteroatoms. The highest BCUT2D eigenvalue weighted by atomic mass is 16.5. The molecule has 0 aromatic heterocycles. The van der Waals surface area contributed by atoms with Gasteiger partial charge in [0.2, 0.25) is 0 Å². The largest absolute Gasteiger partial charge is 0.493 e. The van der Waals surface area contributed by atoms with Crippen molar-refractivity contribution in [3.63, 3.8) is 0 Å². The van der Waals surface area contributed by atoms with Gasteiger partial charge in [-0.3, -0.25) is 14.5 Å². The molecule has 29 heavy (non-hydrogen) atoms. The van der Waals surface area contributed by atoms with E-state index in [1.54, 1.807) is 55.7 Å². The fraction of sp³-hybridized carbons (Fsp3) is 0.227. The Bertz CT molecular complexity index is 931. The van der Waals surface area contributed by atoms with Gasteiger partial charge in [0, 0.05) is 6.08 Å². The molecular formula is C22H21NO6. The summed E-state index contributed by atoms with van der Waals surface area (Å²) < 4.78 is 15.8. The Kier molecular flexibility index (Phi) is 6.29. The zero-order valence-electron chi connectivity index (χ0n) is 16.2. The van der Waals surface area contributed by atoms with Crippen molar-refractivity contribution in [1.29, 1.82) is 0 Å². The third-order valence-corrected chi connectivity index (χ3v) is 4.34. The Morgan fingerprint density at radius 3 is 2.34 bits per heavy atom. The second-order valence-electron chi connectivity index (χ2n) is 6.15. The summed E-state index contributed by atoms with van der Waals surface area (Å²) in [5.41, 5.74) is 1.48. The van der Waals surface area contributed by atoms with Gasteiger partial charge in [0.15, 0.2) is 11.5 Å². The van der Waals surface area contributed by atoms with E-state index >= 15 is 0 Å². The number of benzene rings is 2. The summed E-state index contributed by atoms with van der Waals surface area (Å²) in [5, 5.41) is 0. The van der Waals surface area contributed by atoms with Gasteiger partial charge in [-0.2, -0.15) is 0 Å². The van der Waals surface area contributed by atoms with Gasteiger partial charge >= 0.3 is 5.97 Å². The number of amides is 2. The number of fused-ring (bicyclic) bond motifs is 1. The van der Waals surface area contributed by atoms with Crippen LogP contribution in [0, 0.1) is 0 Å². The molecule has 2 aromatic rings. The van der Waals surface area contributed by atoms with Crippen LogP contribution in [0.15, 0.2) is 48.5 Å². The van der Waals surface area contributed by atoms with Crippen LogP contribution in [0.4, 0.5) is 0 Å². The summed E-state index contributed by atoms with van der Waals surface area (Å²) in [4.78, 5) is 37.5. The summed E-state index contributed by atoms with van der Waals surface area (Å²) in [6.45, 7) is 2.32. The summed E-state index contributed by atoms with van der Waals surface area (Å²) >= 11 is 0. The average molecular weight is 395 g/mol. The molecule has 0 saturated heterocycles. The molecule has 0 aliphatic carbocycles. The van der Waals surface area contributed by atoms with Crippen LogP contribution in [0.2, 0.25) is 0 Å². The predicted octanol–water partition coefficient (Wildman–Crippen LogP) is 2.95. The predicted molar refractivity (Wildman–Crippen MR) is 106 cm³/mol. The van der Waals surface area contributed by atoms with E-state index in [0.29, 0.717) is 29.2 Å². The number of methoxy groups -OCH3 is 1. The first-order valence-corrected chi connectivity index (χ1v) is 9.16. The van der Waals surface area contributed by atoms with Crippen molar-refractivity contribution in [2.24, 2.45) is 0 Å². The SMILES string of the molecule is CCOc1ccc(/C=C/C(=O)OCCN2C(=O)c3ccccc3C2=O)cc1OC. The molecule has 1 aliphatic heterocycles. The number of ether oxygens (including phenoxy) is 3. The van der Waals surface area contributed by atoms with Crippen LogP contribution in [0.5, 0.6) is 11.5 Å². The second-order valence-corrected chi connectivity index (χ2v) is 6.15. The molecule has 1 heterocycles. The monoisotopic (exact) mass is 395 g/mol. The maximum atomic E-state index is 12.3. The van der Waals surface area contributed by atoms with E-state index in [2.05, 4.69) is 0 Å². The van der Waals surface area contributed by atoms with Crippen molar-refractivity contribution in [2.75, 3.05) is 26.9 Å². The van der Waals surface area contributed by atoms with Crippen LogP contribution in [0.3, 0.4) is 0 Å². The third kappa shape index (κ3) is 4.45. The van der Waals surface area contributed by atoms with E-state index in [9.17, 15) is 14.4 Å². The number of hydrogen-bond acceptors (Lipinski definition) is 6. The van der Waals surface area contributed by atoms with Crippen molar-refractivity contribution >= 4 is 23.9 Å². The number of carbonyl (C=O) groups excluding carboxylic acids is 3. The number of hydrogen-bond donors (Lipinski definition) is 0. The van der Waals surface area contributed by atoms with Gasteiger partial charge in [-0.1, -0.05) is 18.2 Å². The smallest absolute Gasteiger partial charge is 0.330 e. The maximum absolute atomic E-state index is 12.3. The summed E-state index contributed by atoms with van der Waals surface area (Å²) in [6, 6.07) is 11.9. The quantitative estimate of drug-likeness (QED) is 0.388. The standard InChI is InChI=1S/C22H21NO6/c1-3-28-18-10-8-15(14-19(18)27-2)9-11-20(24)29-13-12-23-21(25)16-6-4-5-7-17(16)22(23)26/h4-11,14H,3,12-13H2,1-2H3/b11-9+. The molecule has 0 fully saturated rings. The first kappa shape index (κ1) is 20.1. The minimum atomic E-state index is -0.575. The molecule has 0 unspecified atom stereocenters. The lowest BCUT2D eigenvalue weighted by molar-refractivity contribution is -0.137. The molecule has 0 N–H and O–H groups in total. The fourth-order valence-electron chi connectivity index (χ4n) is 2.95. The lowest BCUT2D eigenvalue weighted by Crippen LogP contribution is -2.33. The lowest BCUT2D eigenvalue weighted by atomic mass is 10.1. The molecule has 150 valence electrons. The molecule has 2 amide bonds. The van der Waals surface area contributed by atoms with Gasteiger partial charge in [0.25, 0.3) is 11.8 Å². The molecule has 1 aliphatic rings. The van der Waals surface area contributed by atoms with Crippen molar-refractivity contribution in [2.45, 2.75) is 6.92 Å². The van der Waals surface area contributed by atoms with Gasteiger partial charge < -0.3 is 14.2 Å². The minimum Gasteiger partial charge on any atom is -0.493 e. The van der Waals surface area contributed by atoms with Crippen LogP contribution < -0.4 is 9.47 Å². The van der Waals surface area contributed by atoms with Crippen LogP contribution >= 0.6 is 0 Å². The Labute approximate surface area is 168 Å². The van der Waals surface area contributed by atoms with Gasteiger partial charge in [0.1, 0.15) is 6.61 Å². The average Bonchev–Trinajstić information content (AvgIpc) is 2.98. The summed E-state index contributed by atoms with van der Waals surface area (Å²) in [7, 11) is 1.54. The number of nitrogens with zero attached hydrogens (tertiary/aromatic N) is 1. The summed E-state index contributed by atoms with van der Waals surface area (Å²) in [6.07, 6.45) is 2.86. The van der Waals surface area contributed by atoms with Gasteiger partial charge in [-0.05, 0) is 42.8 Å². The summed E-state index contributed by atoms with van der Waals surface area (Å²) in [5.74, 6) is -0.143. The van der Waals surface area contributed by atoms with Crippen LogP contribution in [-0.4, -0.2) is 49.6 Å². The first-order valence-electron chi connectivity index (χ1n) is 9.16.